The van der Waals surface area contributed by atoms with Gasteiger partial charge in [0.1, 0.15) is 12.6 Å². The van der Waals surface area contributed by atoms with Gasteiger partial charge in [-0.25, -0.2) is 4.79 Å². The smallest absolute Gasteiger partial charge is 0.329 e. The van der Waals surface area contributed by atoms with Crippen LogP contribution in [0.4, 0.5) is 0 Å². The predicted molar refractivity (Wildman–Crippen MR) is 76.5 cm³/mol. The van der Waals surface area contributed by atoms with Gasteiger partial charge in [0.05, 0.1) is 18.2 Å². The van der Waals surface area contributed by atoms with E-state index in [9.17, 15) is 19.8 Å². The normalized spacial score (nSPS) is 33.0. The first-order valence-corrected chi connectivity index (χ1v) is 7.36. The molecule has 2 fully saturated rings. The molecule has 1 aliphatic heterocycles. The number of benzene rings is 1. The number of aliphatic hydroxyl groups excluding tert-OH is 2. The highest BCUT2D eigenvalue weighted by molar-refractivity contribution is 5.85. The molecule has 6 nitrogen and oxygen atoms in total. The molecule has 118 valence electrons. The molecular formula is C16H19NO5. The fraction of sp³-hybridized carbons (Fsp3) is 0.500. The highest BCUT2D eigenvalue weighted by Gasteiger charge is 2.61. The topological polar surface area (TPSA) is 87.1 Å². The molecule has 1 saturated carbocycles. The van der Waals surface area contributed by atoms with Crippen LogP contribution in [0.2, 0.25) is 0 Å². The minimum atomic E-state index is -0.881. The van der Waals surface area contributed by atoms with Gasteiger partial charge in [0.2, 0.25) is 5.91 Å². The fourth-order valence-corrected chi connectivity index (χ4v) is 3.60. The number of piperidine rings is 1. The number of rotatable bonds is 3. The SMILES string of the molecule is CC(=O)N1C2C(O)C(C[C@H]2O)[C@H]1C(=O)OCc1ccccc1. The molecule has 0 radical (unpaired) electrons. The van der Waals surface area contributed by atoms with Crippen molar-refractivity contribution in [1.82, 2.24) is 4.90 Å². The number of hydrogen-bond acceptors (Lipinski definition) is 5. The Kier molecular flexibility index (Phi) is 3.88. The number of ether oxygens (including phenoxy) is 1. The summed E-state index contributed by atoms with van der Waals surface area (Å²) in [6.45, 7) is 1.45. The second-order valence-corrected chi connectivity index (χ2v) is 5.91. The first-order chi connectivity index (χ1) is 10.5. The fourth-order valence-electron chi connectivity index (χ4n) is 3.60. The van der Waals surface area contributed by atoms with Crippen molar-refractivity contribution in [2.24, 2.45) is 5.92 Å². The van der Waals surface area contributed by atoms with E-state index in [0.29, 0.717) is 6.42 Å². The first kappa shape index (κ1) is 15.0. The summed E-state index contributed by atoms with van der Waals surface area (Å²) in [5.74, 6) is -1.34. The van der Waals surface area contributed by atoms with Gasteiger partial charge in [-0.1, -0.05) is 30.3 Å². The van der Waals surface area contributed by atoms with Crippen LogP contribution in [0.15, 0.2) is 30.3 Å². The predicted octanol–water partition coefficient (Wildman–Crippen LogP) is 0.0708. The van der Waals surface area contributed by atoms with Crippen LogP contribution < -0.4 is 0 Å². The number of likely N-dealkylation sites (tertiary alicyclic amines) is 1. The van der Waals surface area contributed by atoms with Crippen molar-refractivity contribution in [3.63, 3.8) is 0 Å². The zero-order valence-corrected chi connectivity index (χ0v) is 12.3. The van der Waals surface area contributed by atoms with Gasteiger partial charge in [-0.3, -0.25) is 4.79 Å². The highest BCUT2D eigenvalue weighted by atomic mass is 16.5. The van der Waals surface area contributed by atoms with Crippen LogP contribution in [0, 0.1) is 5.92 Å². The molecule has 22 heavy (non-hydrogen) atoms. The summed E-state index contributed by atoms with van der Waals surface area (Å²) < 4.78 is 5.30. The summed E-state index contributed by atoms with van der Waals surface area (Å²) in [6, 6.07) is 7.73. The van der Waals surface area contributed by atoms with Crippen molar-refractivity contribution in [1.29, 1.82) is 0 Å². The minimum absolute atomic E-state index is 0.123. The van der Waals surface area contributed by atoms with Crippen molar-refractivity contribution in [2.45, 2.75) is 44.2 Å². The zero-order chi connectivity index (χ0) is 15.9. The van der Waals surface area contributed by atoms with Crippen molar-refractivity contribution >= 4 is 11.9 Å². The van der Waals surface area contributed by atoms with Crippen LogP contribution >= 0.6 is 0 Å². The van der Waals surface area contributed by atoms with E-state index in [0.717, 1.165) is 5.56 Å². The van der Waals surface area contributed by atoms with Crippen molar-refractivity contribution in [2.75, 3.05) is 0 Å². The van der Waals surface area contributed by atoms with E-state index in [4.69, 9.17) is 4.74 Å². The van der Waals surface area contributed by atoms with Gasteiger partial charge < -0.3 is 19.8 Å². The molecule has 1 saturated heterocycles. The zero-order valence-electron chi connectivity index (χ0n) is 12.3. The van der Waals surface area contributed by atoms with Gasteiger partial charge in [0.25, 0.3) is 0 Å². The average Bonchev–Trinajstić information content (AvgIpc) is 2.94. The Morgan fingerprint density at radius 1 is 1.27 bits per heavy atom. The van der Waals surface area contributed by atoms with Crippen LogP contribution in [0.3, 0.4) is 0 Å². The average molecular weight is 305 g/mol. The molecule has 3 unspecified atom stereocenters. The second kappa shape index (κ2) is 5.70. The van der Waals surface area contributed by atoms with E-state index >= 15 is 0 Å². The summed E-state index contributed by atoms with van der Waals surface area (Å²) >= 11 is 0. The molecule has 3 rings (SSSR count). The van der Waals surface area contributed by atoms with E-state index in [1.807, 2.05) is 30.3 Å². The van der Waals surface area contributed by atoms with Gasteiger partial charge in [-0.05, 0) is 12.0 Å². The van der Waals surface area contributed by atoms with E-state index in [1.54, 1.807) is 0 Å². The summed E-state index contributed by atoms with van der Waals surface area (Å²) in [6.07, 6.45) is -1.36. The molecular weight excluding hydrogens is 286 g/mol. The molecule has 1 aromatic rings. The summed E-state index contributed by atoms with van der Waals surface area (Å²) in [5.41, 5.74) is 0.856. The van der Waals surface area contributed by atoms with Gasteiger partial charge in [0.15, 0.2) is 0 Å². The summed E-state index contributed by atoms with van der Waals surface area (Å²) in [7, 11) is 0. The number of aliphatic hydroxyl groups is 2. The number of amides is 1. The van der Waals surface area contributed by atoms with Gasteiger partial charge in [-0.15, -0.1) is 0 Å². The Morgan fingerprint density at radius 3 is 2.59 bits per heavy atom. The Bertz CT molecular complexity index is 575. The standard InChI is InChI=1S/C16H19NO5/c1-9(18)17-13(11-7-12(19)14(17)15(11)20)16(21)22-8-10-5-3-2-4-6-10/h2-6,11-15,19-20H,7-8H2,1H3/t11?,12-,13+,14?,15?/m1/s1. The lowest BCUT2D eigenvalue weighted by Crippen LogP contribution is -2.53. The molecule has 5 atom stereocenters. The lowest BCUT2D eigenvalue weighted by Gasteiger charge is -2.34. The molecule has 6 heteroatoms. The first-order valence-electron chi connectivity index (χ1n) is 7.36. The van der Waals surface area contributed by atoms with Crippen LogP contribution in [-0.2, 0) is 20.9 Å². The minimum Gasteiger partial charge on any atom is -0.459 e. The van der Waals surface area contributed by atoms with Crippen molar-refractivity contribution < 1.29 is 24.5 Å². The third-order valence-corrected chi connectivity index (χ3v) is 4.55. The molecule has 1 aromatic carbocycles. The lowest BCUT2D eigenvalue weighted by atomic mass is 9.97. The van der Waals surface area contributed by atoms with Gasteiger partial charge in [0, 0.05) is 12.8 Å². The Hall–Kier alpha value is -1.92. The highest BCUT2D eigenvalue weighted by Crippen LogP contribution is 2.43. The molecule has 1 aliphatic carbocycles. The van der Waals surface area contributed by atoms with E-state index < -0.39 is 36.2 Å². The van der Waals surface area contributed by atoms with Crippen LogP contribution in [0.5, 0.6) is 0 Å². The molecule has 0 aromatic heterocycles. The Labute approximate surface area is 128 Å². The van der Waals surface area contributed by atoms with Crippen molar-refractivity contribution in [3.8, 4) is 0 Å². The number of fused-ring (bicyclic) bond motifs is 2. The van der Waals surface area contributed by atoms with Crippen LogP contribution in [0.25, 0.3) is 0 Å². The number of carbonyl (C=O) groups is 2. The summed E-state index contributed by atoms with van der Waals surface area (Å²) in [5, 5.41) is 20.1. The largest absolute Gasteiger partial charge is 0.459 e. The van der Waals surface area contributed by atoms with E-state index in [1.165, 1.54) is 11.8 Å². The lowest BCUT2D eigenvalue weighted by molar-refractivity contribution is -0.160. The number of nitrogens with zero attached hydrogens (tertiary/aromatic N) is 1. The maximum Gasteiger partial charge on any atom is 0.329 e. The Balaban J connectivity index is 1.73. The van der Waals surface area contributed by atoms with Crippen LogP contribution in [0.1, 0.15) is 18.9 Å². The maximum atomic E-state index is 12.4. The molecule has 2 aliphatic rings. The number of esters is 1. The molecule has 0 spiro atoms. The Morgan fingerprint density at radius 2 is 1.95 bits per heavy atom. The number of hydrogen-bond donors (Lipinski definition) is 2. The van der Waals surface area contributed by atoms with E-state index in [2.05, 4.69) is 0 Å². The maximum absolute atomic E-state index is 12.4. The monoisotopic (exact) mass is 305 g/mol. The molecule has 2 bridgehead atoms. The summed E-state index contributed by atoms with van der Waals surface area (Å²) in [4.78, 5) is 25.5. The molecule has 1 amide bonds. The van der Waals surface area contributed by atoms with Gasteiger partial charge >= 0.3 is 5.97 Å². The van der Waals surface area contributed by atoms with E-state index in [-0.39, 0.29) is 12.5 Å². The third-order valence-electron chi connectivity index (χ3n) is 4.55. The number of carbonyl (C=O) groups excluding carboxylic acids is 2. The second-order valence-electron chi connectivity index (χ2n) is 5.91. The van der Waals surface area contributed by atoms with Crippen molar-refractivity contribution in [3.05, 3.63) is 35.9 Å². The third kappa shape index (κ3) is 2.38. The molecule has 1 heterocycles. The van der Waals surface area contributed by atoms with Gasteiger partial charge in [-0.2, -0.15) is 0 Å². The van der Waals surface area contributed by atoms with Crippen LogP contribution in [-0.4, -0.2) is 51.3 Å². The molecule has 2 N–H and O–H groups in total. The quantitative estimate of drug-likeness (QED) is 0.772.